The van der Waals surface area contributed by atoms with Crippen LogP contribution in [-0.2, 0) is 0 Å². The third-order valence-electron chi connectivity index (χ3n) is 3.91. The van der Waals surface area contributed by atoms with Gasteiger partial charge in [-0.2, -0.15) is 0 Å². The molecule has 0 spiro atoms. The number of rotatable bonds is 2. The molecule has 1 aromatic carbocycles. The van der Waals surface area contributed by atoms with Crippen molar-refractivity contribution < 1.29 is 4.79 Å². The molecule has 5 heteroatoms. The van der Waals surface area contributed by atoms with Crippen molar-refractivity contribution in [1.29, 1.82) is 0 Å². The van der Waals surface area contributed by atoms with Crippen molar-refractivity contribution in [1.82, 2.24) is 15.2 Å². The molecule has 2 aromatic rings. The molecule has 0 atom stereocenters. The topological polar surface area (TPSA) is 45.2 Å². The maximum Gasteiger partial charge on any atom is 0.253 e. The van der Waals surface area contributed by atoms with Gasteiger partial charge in [-0.25, -0.2) is 4.98 Å². The third-order valence-corrected chi connectivity index (χ3v) is 4.68. The Morgan fingerprint density at radius 2 is 2.05 bits per heavy atom. The Morgan fingerprint density at radius 1 is 1.32 bits per heavy atom. The van der Waals surface area contributed by atoms with Crippen LogP contribution in [-0.4, -0.2) is 41.0 Å². The molecule has 0 aliphatic carbocycles. The number of amides is 1. The molecule has 0 bridgehead atoms. The molecule has 1 aromatic heterocycles. The Balaban J connectivity index is 1.76. The predicted octanol–water partition coefficient (Wildman–Crippen LogP) is 2.94. The number of nitrogens with one attached hydrogen (secondary N) is 1. The Hall–Kier alpha value is -1.72. The Labute approximate surface area is 135 Å². The van der Waals surface area contributed by atoms with Gasteiger partial charge in [-0.15, -0.1) is 11.3 Å². The zero-order valence-corrected chi connectivity index (χ0v) is 14.0. The average Bonchev–Trinajstić information content (AvgIpc) is 2.92. The number of nitrogens with zero attached hydrogens (tertiary/aromatic N) is 2. The van der Waals surface area contributed by atoms with E-state index in [4.69, 9.17) is 0 Å². The van der Waals surface area contributed by atoms with E-state index in [1.54, 1.807) is 11.3 Å². The van der Waals surface area contributed by atoms with Gasteiger partial charge in [-0.1, -0.05) is 12.1 Å². The summed E-state index contributed by atoms with van der Waals surface area (Å²) in [4.78, 5) is 19.0. The van der Waals surface area contributed by atoms with E-state index in [-0.39, 0.29) is 11.4 Å². The van der Waals surface area contributed by atoms with E-state index in [0.29, 0.717) is 0 Å². The van der Waals surface area contributed by atoms with E-state index < -0.39 is 0 Å². The second-order valence-electron chi connectivity index (χ2n) is 6.37. The molecule has 2 heterocycles. The van der Waals surface area contributed by atoms with Crippen molar-refractivity contribution in [2.75, 3.05) is 19.6 Å². The average molecular weight is 315 g/mol. The number of carbonyl (C=O) groups excluding carboxylic acids is 1. The lowest BCUT2D eigenvalue weighted by Gasteiger charge is -2.39. The summed E-state index contributed by atoms with van der Waals surface area (Å²) in [6, 6.07) is 7.77. The molecule has 116 valence electrons. The number of hydrogen-bond acceptors (Lipinski definition) is 4. The number of carbonyl (C=O) groups is 1. The highest BCUT2D eigenvalue weighted by molar-refractivity contribution is 7.09. The van der Waals surface area contributed by atoms with Crippen molar-refractivity contribution in [3.8, 4) is 11.3 Å². The summed E-state index contributed by atoms with van der Waals surface area (Å²) in [6.07, 6.45) is 0. The molecule has 22 heavy (non-hydrogen) atoms. The van der Waals surface area contributed by atoms with Gasteiger partial charge in [0.05, 0.1) is 10.7 Å². The molecule has 1 fully saturated rings. The van der Waals surface area contributed by atoms with E-state index in [1.165, 1.54) is 0 Å². The first-order valence-electron chi connectivity index (χ1n) is 7.51. The van der Waals surface area contributed by atoms with Crippen molar-refractivity contribution in [3.63, 3.8) is 0 Å². The van der Waals surface area contributed by atoms with Gasteiger partial charge >= 0.3 is 0 Å². The molecule has 0 unspecified atom stereocenters. The van der Waals surface area contributed by atoms with Crippen molar-refractivity contribution >= 4 is 17.2 Å². The zero-order valence-electron chi connectivity index (χ0n) is 13.2. The second kappa shape index (κ2) is 5.82. The maximum atomic E-state index is 12.6. The van der Waals surface area contributed by atoms with Gasteiger partial charge in [0.2, 0.25) is 0 Å². The molecule has 4 nitrogen and oxygen atoms in total. The highest BCUT2D eigenvalue weighted by Gasteiger charge is 2.28. The minimum absolute atomic E-state index is 0.0219. The first-order valence-corrected chi connectivity index (χ1v) is 8.39. The third kappa shape index (κ3) is 3.20. The summed E-state index contributed by atoms with van der Waals surface area (Å²) < 4.78 is 0. The van der Waals surface area contributed by atoms with Crippen molar-refractivity contribution in [2.24, 2.45) is 0 Å². The molecular weight excluding hydrogens is 294 g/mol. The van der Waals surface area contributed by atoms with Crippen LogP contribution < -0.4 is 5.32 Å². The Morgan fingerprint density at radius 3 is 2.64 bits per heavy atom. The number of aromatic nitrogens is 1. The number of thiazole rings is 1. The fourth-order valence-corrected chi connectivity index (χ4v) is 3.40. The van der Waals surface area contributed by atoms with Gasteiger partial charge in [0, 0.05) is 41.7 Å². The monoisotopic (exact) mass is 315 g/mol. The van der Waals surface area contributed by atoms with Crippen LogP contribution in [0.25, 0.3) is 11.3 Å². The predicted molar refractivity (Wildman–Crippen MR) is 90.3 cm³/mol. The molecule has 3 rings (SSSR count). The number of benzene rings is 1. The lowest BCUT2D eigenvalue weighted by Crippen LogP contribution is -2.58. The van der Waals surface area contributed by atoms with Crippen LogP contribution in [0.2, 0.25) is 0 Å². The Bertz CT molecular complexity index is 675. The van der Waals surface area contributed by atoms with Gasteiger partial charge in [-0.05, 0) is 32.9 Å². The molecule has 0 radical (unpaired) electrons. The van der Waals surface area contributed by atoms with Gasteiger partial charge in [0.1, 0.15) is 0 Å². The van der Waals surface area contributed by atoms with Crippen LogP contribution in [0.4, 0.5) is 0 Å². The lowest BCUT2D eigenvalue weighted by atomic mass is 10.0. The highest BCUT2D eigenvalue weighted by atomic mass is 32.1. The summed E-state index contributed by atoms with van der Waals surface area (Å²) in [5.74, 6) is 0.107. The quantitative estimate of drug-likeness (QED) is 0.927. The van der Waals surface area contributed by atoms with Crippen LogP contribution in [0.5, 0.6) is 0 Å². The molecule has 1 amide bonds. The normalized spacial score (nSPS) is 17.5. The smallest absolute Gasteiger partial charge is 0.253 e. The van der Waals surface area contributed by atoms with Gasteiger partial charge in [0.25, 0.3) is 5.91 Å². The number of piperazine rings is 1. The lowest BCUT2D eigenvalue weighted by molar-refractivity contribution is 0.0652. The van der Waals surface area contributed by atoms with E-state index in [2.05, 4.69) is 24.1 Å². The van der Waals surface area contributed by atoms with E-state index in [0.717, 1.165) is 41.5 Å². The minimum atomic E-state index is -0.0219. The first kappa shape index (κ1) is 15.2. The SMILES string of the molecule is Cc1nc(-c2ccc(C(=O)N3CCNC(C)(C)C3)cc2)cs1. The summed E-state index contributed by atoms with van der Waals surface area (Å²) >= 11 is 1.64. The van der Waals surface area contributed by atoms with Crippen LogP contribution in [0.15, 0.2) is 29.6 Å². The standard InChI is InChI=1S/C17H21N3OS/c1-12-19-15(10-22-12)13-4-6-14(7-5-13)16(21)20-9-8-18-17(2,3)11-20/h4-7,10,18H,8-9,11H2,1-3H3. The second-order valence-corrected chi connectivity index (χ2v) is 7.43. The highest BCUT2D eigenvalue weighted by Crippen LogP contribution is 2.22. The summed E-state index contributed by atoms with van der Waals surface area (Å²) in [5, 5.41) is 6.53. The molecule has 1 aliphatic rings. The van der Waals surface area contributed by atoms with Gasteiger partial charge in [-0.3, -0.25) is 4.79 Å². The summed E-state index contributed by atoms with van der Waals surface area (Å²) in [7, 11) is 0. The van der Waals surface area contributed by atoms with Gasteiger partial charge < -0.3 is 10.2 Å². The largest absolute Gasteiger partial charge is 0.336 e. The van der Waals surface area contributed by atoms with Crippen molar-refractivity contribution in [2.45, 2.75) is 26.3 Å². The van der Waals surface area contributed by atoms with Crippen LogP contribution in [0.1, 0.15) is 29.2 Å². The molecule has 0 saturated carbocycles. The van der Waals surface area contributed by atoms with Crippen LogP contribution >= 0.6 is 11.3 Å². The summed E-state index contributed by atoms with van der Waals surface area (Å²) in [5.41, 5.74) is 2.76. The van der Waals surface area contributed by atoms with E-state index in [1.807, 2.05) is 41.5 Å². The fourth-order valence-electron chi connectivity index (χ4n) is 2.78. The fraction of sp³-hybridized carbons (Fsp3) is 0.412. The number of aryl methyl sites for hydroxylation is 1. The Kier molecular flexibility index (Phi) is 4.02. The first-order chi connectivity index (χ1) is 10.4. The zero-order chi connectivity index (χ0) is 15.7. The number of hydrogen-bond donors (Lipinski definition) is 1. The molecular formula is C17H21N3OS. The van der Waals surface area contributed by atoms with Gasteiger partial charge in [0.15, 0.2) is 0 Å². The van der Waals surface area contributed by atoms with Crippen LogP contribution in [0.3, 0.4) is 0 Å². The van der Waals surface area contributed by atoms with E-state index in [9.17, 15) is 4.79 Å². The summed E-state index contributed by atoms with van der Waals surface area (Å²) in [6.45, 7) is 8.58. The van der Waals surface area contributed by atoms with Crippen LogP contribution in [0, 0.1) is 6.92 Å². The maximum absolute atomic E-state index is 12.6. The minimum Gasteiger partial charge on any atom is -0.336 e. The molecule has 1 saturated heterocycles. The molecule has 1 aliphatic heterocycles. The van der Waals surface area contributed by atoms with Crippen molar-refractivity contribution in [3.05, 3.63) is 40.2 Å². The molecule has 1 N–H and O–H groups in total. The van der Waals surface area contributed by atoms with E-state index >= 15 is 0 Å².